The lowest BCUT2D eigenvalue weighted by molar-refractivity contribution is -0.137. The van der Waals surface area contributed by atoms with E-state index in [-0.39, 0.29) is 18.7 Å². The molecule has 0 radical (unpaired) electrons. The molecule has 0 bridgehead atoms. The molecule has 1 aromatic rings. The first-order chi connectivity index (χ1) is 8.93. The second-order valence-electron chi connectivity index (χ2n) is 3.97. The molecule has 1 saturated heterocycles. The van der Waals surface area contributed by atoms with Crippen molar-refractivity contribution >= 4 is 12.2 Å². The van der Waals surface area contributed by atoms with Crippen molar-refractivity contribution < 1.29 is 27.5 Å². The second kappa shape index (κ2) is 5.00. The molecular formula is C12H10F3NO3. The van der Waals surface area contributed by atoms with E-state index in [0.29, 0.717) is 6.29 Å². The monoisotopic (exact) mass is 273 g/mol. The van der Waals surface area contributed by atoms with Crippen molar-refractivity contribution in [3.63, 3.8) is 0 Å². The van der Waals surface area contributed by atoms with Crippen LogP contribution in [-0.4, -0.2) is 36.5 Å². The summed E-state index contributed by atoms with van der Waals surface area (Å²) in [6, 6.07) is 3.84. The van der Waals surface area contributed by atoms with E-state index in [9.17, 15) is 22.8 Å². The van der Waals surface area contributed by atoms with Gasteiger partial charge in [0, 0.05) is 12.1 Å². The Hall–Kier alpha value is -1.89. The molecule has 19 heavy (non-hydrogen) atoms. The third-order valence-electron chi connectivity index (χ3n) is 2.76. The Kier molecular flexibility index (Phi) is 3.57. The first-order valence-electron chi connectivity index (χ1n) is 5.48. The van der Waals surface area contributed by atoms with Crippen LogP contribution in [0.15, 0.2) is 24.3 Å². The highest BCUT2D eigenvalue weighted by atomic mass is 19.4. The first kappa shape index (κ1) is 13.5. The maximum absolute atomic E-state index is 12.4. The lowest BCUT2D eigenvalue weighted by atomic mass is 10.1. The van der Waals surface area contributed by atoms with Crippen molar-refractivity contribution in [1.82, 2.24) is 4.90 Å². The minimum Gasteiger partial charge on any atom is -0.349 e. The minimum atomic E-state index is -4.44. The number of carbonyl (C=O) groups is 2. The summed E-state index contributed by atoms with van der Waals surface area (Å²) in [6.07, 6.45) is -4.92. The summed E-state index contributed by atoms with van der Waals surface area (Å²) < 4.78 is 42.1. The van der Waals surface area contributed by atoms with Crippen molar-refractivity contribution in [1.29, 1.82) is 0 Å². The van der Waals surface area contributed by atoms with Crippen LogP contribution in [0.2, 0.25) is 0 Å². The summed E-state index contributed by atoms with van der Waals surface area (Å²) in [5.41, 5.74) is -0.737. The van der Waals surface area contributed by atoms with Gasteiger partial charge in [-0.2, -0.15) is 13.2 Å². The van der Waals surface area contributed by atoms with Gasteiger partial charge in [0.15, 0.2) is 12.5 Å². The molecule has 7 heteroatoms. The molecule has 0 aromatic heterocycles. The highest BCUT2D eigenvalue weighted by molar-refractivity contribution is 5.95. The lowest BCUT2D eigenvalue weighted by Gasteiger charge is -2.18. The molecule has 1 aliphatic rings. The molecule has 1 unspecified atom stereocenters. The van der Waals surface area contributed by atoms with Crippen molar-refractivity contribution in [3.05, 3.63) is 35.4 Å². The molecule has 1 aliphatic heterocycles. The molecule has 1 fully saturated rings. The third-order valence-corrected chi connectivity index (χ3v) is 2.76. The molecule has 1 heterocycles. The van der Waals surface area contributed by atoms with Crippen molar-refractivity contribution in [2.75, 3.05) is 13.2 Å². The molecule has 102 valence electrons. The van der Waals surface area contributed by atoms with E-state index in [1.165, 1.54) is 4.90 Å². The van der Waals surface area contributed by atoms with Gasteiger partial charge in [0.05, 0.1) is 12.2 Å². The molecule has 0 N–H and O–H groups in total. The fourth-order valence-corrected chi connectivity index (χ4v) is 1.79. The number of rotatable bonds is 2. The van der Waals surface area contributed by atoms with Gasteiger partial charge >= 0.3 is 6.18 Å². The van der Waals surface area contributed by atoms with Crippen molar-refractivity contribution in [3.8, 4) is 0 Å². The highest BCUT2D eigenvalue weighted by Gasteiger charge is 2.32. The SMILES string of the molecule is O=CC1OCCN1C(=O)c1ccc(C(F)(F)F)cc1. The van der Waals surface area contributed by atoms with Crippen LogP contribution in [0.25, 0.3) is 0 Å². The molecule has 0 aliphatic carbocycles. The van der Waals surface area contributed by atoms with Crippen molar-refractivity contribution in [2.24, 2.45) is 0 Å². The normalized spacial score (nSPS) is 19.5. The largest absolute Gasteiger partial charge is 0.416 e. The number of hydrogen-bond acceptors (Lipinski definition) is 3. The van der Waals surface area contributed by atoms with Gasteiger partial charge in [0.1, 0.15) is 0 Å². The van der Waals surface area contributed by atoms with E-state index in [4.69, 9.17) is 4.74 Å². The molecular weight excluding hydrogens is 263 g/mol. The molecule has 1 atom stereocenters. The Morgan fingerprint density at radius 1 is 1.32 bits per heavy atom. The summed E-state index contributed by atoms with van der Waals surface area (Å²) in [6.45, 7) is 0.471. The van der Waals surface area contributed by atoms with E-state index in [2.05, 4.69) is 0 Å². The standard InChI is InChI=1S/C12H10F3NO3/c13-12(14,15)9-3-1-8(2-4-9)11(18)16-5-6-19-10(16)7-17/h1-4,7,10H,5-6H2. The van der Waals surface area contributed by atoms with Gasteiger partial charge in [0.25, 0.3) is 5.91 Å². The summed E-state index contributed by atoms with van der Waals surface area (Å²) in [5, 5.41) is 0. The van der Waals surface area contributed by atoms with Crippen LogP contribution in [0.4, 0.5) is 13.2 Å². The van der Waals surface area contributed by atoms with Gasteiger partial charge in [0.2, 0.25) is 0 Å². The Balaban J connectivity index is 2.18. The smallest absolute Gasteiger partial charge is 0.349 e. The molecule has 2 rings (SSSR count). The summed E-state index contributed by atoms with van der Waals surface area (Å²) >= 11 is 0. The Morgan fingerprint density at radius 3 is 2.47 bits per heavy atom. The quantitative estimate of drug-likeness (QED) is 0.770. The van der Waals surface area contributed by atoms with Crippen LogP contribution in [0.3, 0.4) is 0 Å². The Bertz CT molecular complexity index is 484. The number of alkyl halides is 3. The van der Waals surface area contributed by atoms with E-state index >= 15 is 0 Å². The maximum Gasteiger partial charge on any atom is 0.416 e. The first-order valence-corrected chi connectivity index (χ1v) is 5.48. The highest BCUT2D eigenvalue weighted by Crippen LogP contribution is 2.29. The fourth-order valence-electron chi connectivity index (χ4n) is 1.79. The zero-order chi connectivity index (χ0) is 14.0. The number of amides is 1. The molecule has 4 nitrogen and oxygen atoms in total. The summed E-state index contributed by atoms with van der Waals surface area (Å²) in [7, 11) is 0. The van der Waals surface area contributed by atoms with Gasteiger partial charge in [-0.05, 0) is 24.3 Å². The zero-order valence-corrected chi connectivity index (χ0v) is 9.68. The van der Waals surface area contributed by atoms with E-state index in [0.717, 1.165) is 24.3 Å². The van der Waals surface area contributed by atoms with E-state index < -0.39 is 23.9 Å². The van der Waals surface area contributed by atoms with Crippen LogP contribution in [-0.2, 0) is 15.7 Å². The van der Waals surface area contributed by atoms with Gasteiger partial charge in [-0.25, -0.2) is 0 Å². The van der Waals surface area contributed by atoms with Crippen LogP contribution < -0.4 is 0 Å². The minimum absolute atomic E-state index is 0.0883. The molecule has 0 spiro atoms. The van der Waals surface area contributed by atoms with Gasteiger partial charge < -0.3 is 9.64 Å². The van der Waals surface area contributed by atoms with Gasteiger partial charge in [-0.1, -0.05) is 0 Å². The number of aldehydes is 1. The number of ether oxygens (including phenoxy) is 1. The van der Waals surface area contributed by atoms with Crippen LogP contribution in [0.1, 0.15) is 15.9 Å². The average Bonchev–Trinajstić information content (AvgIpc) is 2.85. The van der Waals surface area contributed by atoms with Crippen molar-refractivity contribution in [2.45, 2.75) is 12.4 Å². The topological polar surface area (TPSA) is 46.6 Å². The van der Waals surface area contributed by atoms with Crippen LogP contribution in [0, 0.1) is 0 Å². The van der Waals surface area contributed by atoms with Crippen LogP contribution in [0.5, 0.6) is 0 Å². The summed E-state index contributed by atoms with van der Waals surface area (Å²) in [4.78, 5) is 23.8. The zero-order valence-electron chi connectivity index (χ0n) is 9.68. The van der Waals surface area contributed by atoms with E-state index in [1.54, 1.807) is 0 Å². The predicted molar refractivity (Wildman–Crippen MR) is 58.3 cm³/mol. The number of benzene rings is 1. The lowest BCUT2D eigenvalue weighted by Crippen LogP contribution is -2.37. The number of halogens is 3. The van der Waals surface area contributed by atoms with Gasteiger partial charge in [-0.3, -0.25) is 9.59 Å². The maximum atomic E-state index is 12.4. The predicted octanol–water partition coefficient (Wildman–Crippen LogP) is 1.70. The van der Waals surface area contributed by atoms with E-state index in [1.807, 2.05) is 0 Å². The fraction of sp³-hybridized carbons (Fsp3) is 0.333. The average molecular weight is 273 g/mol. The molecule has 0 saturated carbocycles. The summed E-state index contributed by atoms with van der Waals surface area (Å²) in [5.74, 6) is -0.525. The Morgan fingerprint density at radius 2 is 1.95 bits per heavy atom. The molecule has 1 aromatic carbocycles. The van der Waals surface area contributed by atoms with Gasteiger partial charge in [-0.15, -0.1) is 0 Å². The second-order valence-corrected chi connectivity index (χ2v) is 3.97. The number of carbonyl (C=O) groups excluding carboxylic acids is 2. The Labute approximate surface area is 106 Å². The third kappa shape index (κ3) is 2.76. The molecule has 1 amide bonds. The van der Waals surface area contributed by atoms with Crippen LogP contribution >= 0.6 is 0 Å². The number of nitrogens with zero attached hydrogens (tertiary/aromatic N) is 1. The number of hydrogen-bond donors (Lipinski definition) is 0.